The third kappa shape index (κ3) is 4.92. The minimum Gasteiger partial charge on any atom is -0.337 e. The molecule has 1 fully saturated rings. The number of aromatic nitrogens is 4. The maximum atomic E-state index is 12.9. The van der Waals surface area contributed by atoms with Gasteiger partial charge >= 0.3 is 0 Å². The standard InChI is InChI=1S/C22H28N6O.HI/c1-16-14-17(2)28(25-16)20-7-5-4-6-19(20)24-22(29)18-8-11-27(12-9-18)15-21-23-10-13-26(21)3;/h4-7,10,13-14,18H,8-9,11-12,15H2,1-3H3,(H,24,29);1H. The second-order valence-corrected chi connectivity index (χ2v) is 7.85. The van der Waals surface area contributed by atoms with Crippen molar-refractivity contribution in [3.63, 3.8) is 0 Å². The van der Waals surface area contributed by atoms with Crippen LogP contribution in [0.5, 0.6) is 0 Å². The summed E-state index contributed by atoms with van der Waals surface area (Å²) in [7, 11) is 2.02. The third-order valence-corrected chi connectivity index (χ3v) is 5.64. The fourth-order valence-electron chi connectivity index (χ4n) is 3.97. The molecule has 4 rings (SSSR count). The van der Waals surface area contributed by atoms with Crippen molar-refractivity contribution in [1.82, 2.24) is 24.2 Å². The molecule has 1 aromatic carbocycles. The maximum absolute atomic E-state index is 12.9. The molecule has 0 spiro atoms. The summed E-state index contributed by atoms with van der Waals surface area (Å²) < 4.78 is 3.94. The zero-order chi connectivity index (χ0) is 20.4. The Morgan fingerprint density at radius 1 is 1.20 bits per heavy atom. The number of likely N-dealkylation sites (tertiary alicyclic amines) is 1. The molecule has 160 valence electrons. The van der Waals surface area contributed by atoms with E-state index in [1.54, 1.807) is 0 Å². The van der Waals surface area contributed by atoms with Gasteiger partial charge in [-0.05, 0) is 58.0 Å². The zero-order valence-electron chi connectivity index (χ0n) is 17.7. The molecular formula is C22H29IN6O. The average Bonchev–Trinajstić information content (AvgIpc) is 3.27. The lowest BCUT2D eigenvalue weighted by Gasteiger charge is -2.31. The quantitative estimate of drug-likeness (QED) is 0.522. The largest absolute Gasteiger partial charge is 0.337 e. The zero-order valence-corrected chi connectivity index (χ0v) is 20.0. The number of carbonyl (C=O) groups is 1. The summed E-state index contributed by atoms with van der Waals surface area (Å²) in [6.45, 7) is 6.64. The van der Waals surface area contributed by atoms with Crippen LogP contribution in [0.1, 0.15) is 30.1 Å². The Balaban J connectivity index is 0.00000256. The van der Waals surface area contributed by atoms with Crippen molar-refractivity contribution >= 4 is 35.6 Å². The van der Waals surface area contributed by atoms with Gasteiger partial charge in [0.2, 0.25) is 5.91 Å². The first-order valence-electron chi connectivity index (χ1n) is 10.1. The van der Waals surface area contributed by atoms with Crippen LogP contribution in [0, 0.1) is 19.8 Å². The average molecular weight is 520 g/mol. The van der Waals surface area contributed by atoms with Crippen molar-refractivity contribution in [2.24, 2.45) is 13.0 Å². The summed E-state index contributed by atoms with van der Waals surface area (Å²) in [4.78, 5) is 19.7. The maximum Gasteiger partial charge on any atom is 0.227 e. The number of nitrogens with one attached hydrogen (secondary N) is 1. The van der Waals surface area contributed by atoms with E-state index in [-0.39, 0.29) is 35.8 Å². The molecule has 1 N–H and O–H groups in total. The highest BCUT2D eigenvalue weighted by Gasteiger charge is 2.26. The molecule has 3 aromatic rings. The van der Waals surface area contributed by atoms with Crippen LogP contribution in [0.3, 0.4) is 0 Å². The van der Waals surface area contributed by atoms with Gasteiger partial charge in [-0.15, -0.1) is 24.0 Å². The predicted molar refractivity (Wildman–Crippen MR) is 128 cm³/mol. The van der Waals surface area contributed by atoms with Gasteiger partial charge in [-0.25, -0.2) is 9.67 Å². The smallest absolute Gasteiger partial charge is 0.227 e. The number of carbonyl (C=O) groups excluding carboxylic acids is 1. The second-order valence-electron chi connectivity index (χ2n) is 7.85. The Morgan fingerprint density at radius 2 is 1.93 bits per heavy atom. The molecule has 3 heterocycles. The van der Waals surface area contributed by atoms with E-state index >= 15 is 0 Å². The molecule has 0 aliphatic carbocycles. The predicted octanol–water partition coefficient (Wildman–Crippen LogP) is 3.69. The van der Waals surface area contributed by atoms with Gasteiger partial charge in [0.15, 0.2) is 0 Å². The first-order valence-corrected chi connectivity index (χ1v) is 10.1. The minimum absolute atomic E-state index is 0. The molecule has 0 radical (unpaired) electrons. The Hall–Kier alpha value is -2.20. The number of para-hydroxylation sites is 2. The molecule has 1 aliphatic heterocycles. The lowest BCUT2D eigenvalue weighted by molar-refractivity contribution is -0.121. The Labute approximate surface area is 194 Å². The molecule has 1 amide bonds. The summed E-state index contributed by atoms with van der Waals surface area (Å²) in [6.07, 6.45) is 5.52. The molecule has 2 aromatic heterocycles. The molecule has 1 saturated heterocycles. The monoisotopic (exact) mass is 520 g/mol. The van der Waals surface area contributed by atoms with Crippen LogP contribution in [-0.4, -0.2) is 43.2 Å². The summed E-state index contributed by atoms with van der Waals surface area (Å²) in [5, 5.41) is 7.71. The molecule has 0 saturated carbocycles. The lowest BCUT2D eigenvalue weighted by atomic mass is 9.95. The van der Waals surface area contributed by atoms with Gasteiger partial charge in [-0.2, -0.15) is 5.10 Å². The van der Waals surface area contributed by atoms with Gasteiger partial charge in [0.25, 0.3) is 0 Å². The number of hydrogen-bond donors (Lipinski definition) is 1. The Morgan fingerprint density at radius 3 is 2.57 bits per heavy atom. The van der Waals surface area contributed by atoms with E-state index in [1.165, 1.54) is 0 Å². The van der Waals surface area contributed by atoms with Crippen molar-refractivity contribution in [2.75, 3.05) is 18.4 Å². The van der Waals surface area contributed by atoms with E-state index in [1.807, 2.05) is 68.3 Å². The lowest BCUT2D eigenvalue weighted by Crippen LogP contribution is -2.38. The summed E-state index contributed by atoms with van der Waals surface area (Å²) in [5.74, 6) is 1.18. The normalized spacial score (nSPS) is 15.0. The van der Waals surface area contributed by atoms with Crippen molar-refractivity contribution in [1.29, 1.82) is 0 Å². The first-order chi connectivity index (χ1) is 14.0. The number of rotatable bonds is 5. The molecule has 0 bridgehead atoms. The van der Waals surface area contributed by atoms with E-state index < -0.39 is 0 Å². The van der Waals surface area contributed by atoms with Crippen LogP contribution < -0.4 is 5.32 Å². The highest BCUT2D eigenvalue weighted by molar-refractivity contribution is 14.0. The number of hydrogen-bond acceptors (Lipinski definition) is 4. The Kier molecular flexibility index (Phi) is 7.30. The van der Waals surface area contributed by atoms with Crippen LogP contribution in [-0.2, 0) is 18.4 Å². The van der Waals surface area contributed by atoms with Gasteiger partial charge in [-0.1, -0.05) is 12.1 Å². The highest BCUT2D eigenvalue weighted by atomic mass is 127. The van der Waals surface area contributed by atoms with Crippen molar-refractivity contribution < 1.29 is 4.79 Å². The Bertz CT molecular complexity index is 1000. The number of piperidine rings is 1. The molecule has 1 aliphatic rings. The number of aryl methyl sites for hydroxylation is 3. The first kappa shape index (κ1) is 22.5. The number of benzene rings is 1. The fraction of sp³-hybridized carbons (Fsp3) is 0.409. The molecule has 0 unspecified atom stereocenters. The summed E-state index contributed by atoms with van der Waals surface area (Å²) in [6, 6.07) is 9.89. The fourth-order valence-corrected chi connectivity index (χ4v) is 3.97. The van der Waals surface area contributed by atoms with Crippen LogP contribution in [0.25, 0.3) is 5.69 Å². The van der Waals surface area contributed by atoms with Crippen molar-refractivity contribution in [2.45, 2.75) is 33.2 Å². The number of halogens is 1. The van der Waals surface area contributed by atoms with E-state index in [2.05, 4.69) is 24.9 Å². The summed E-state index contributed by atoms with van der Waals surface area (Å²) >= 11 is 0. The van der Waals surface area contributed by atoms with Crippen LogP contribution in [0.15, 0.2) is 42.7 Å². The number of nitrogens with zero attached hydrogens (tertiary/aromatic N) is 5. The van der Waals surface area contributed by atoms with E-state index in [0.717, 1.165) is 61.1 Å². The van der Waals surface area contributed by atoms with Gasteiger partial charge in [0.05, 0.1) is 23.6 Å². The van der Waals surface area contributed by atoms with Crippen molar-refractivity contribution in [3.05, 3.63) is 59.9 Å². The molecule has 8 heteroatoms. The second kappa shape index (κ2) is 9.74. The van der Waals surface area contributed by atoms with E-state index in [9.17, 15) is 4.79 Å². The SMILES string of the molecule is Cc1cc(C)n(-c2ccccc2NC(=O)C2CCN(Cc3nccn3C)CC2)n1.I. The highest BCUT2D eigenvalue weighted by Crippen LogP contribution is 2.25. The van der Waals surface area contributed by atoms with E-state index in [0.29, 0.717) is 0 Å². The minimum atomic E-state index is 0. The number of anilines is 1. The van der Waals surface area contributed by atoms with Gasteiger partial charge in [0, 0.05) is 31.1 Å². The third-order valence-electron chi connectivity index (χ3n) is 5.64. The van der Waals surface area contributed by atoms with Crippen LogP contribution in [0.4, 0.5) is 5.69 Å². The molecule has 30 heavy (non-hydrogen) atoms. The molecular weight excluding hydrogens is 491 g/mol. The topological polar surface area (TPSA) is 68.0 Å². The van der Waals surface area contributed by atoms with E-state index in [4.69, 9.17) is 0 Å². The number of imidazole rings is 1. The summed E-state index contributed by atoms with van der Waals surface area (Å²) in [5.41, 5.74) is 3.72. The number of amides is 1. The van der Waals surface area contributed by atoms with Gasteiger partial charge in [-0.3, -0.25) is 9.69 Å². The molecule has 7 nitrogen and oxygen atoms in total. The van der Waals surface area contributed by atoms with Crippen LogP contribution >= 0.6 is 24.0 Å². The molecule has 0 atom stereocenters. The van der Waals surface area contributed by atoms with Gasteiger partial charge in [0.1, 0.15) is 5.82 Å². The van der Waals surface area contributed by atoms with Crippen LogP contribution in [0.2, 0.25) is 0 Å². The van der Waals surface area contributed by atoms with Gasteiger partial charge < -0.3 is 9.88 Å². The van der Waals surface area contributed by atoms with Crippen molar-refractivity contribution in [3.8, 4) is 5.69 Å².